The summed E-state index contributed by atoms with van der Waals surface area (Å²) in [6, 6.07) is 14.4. The topological polar surface area (TPSA) is 73.1 Å². The van der Waals surface area contributed by atoms with Gasteiger partial charge >= 0.3 is 0 Å². The van der Waals surface area contributed by atoms with E-state index in [4.69, 9.17) is 25.5 Å². The molecule has 1 aliphatic heterocycles. The van der Waals surface area contributed by atoms with Crippen molar-refractivity contribution in [2.45, 2.75) is 18.9 Å². The summed E-state index contributed by atoms with van der Waals surface area (Å²) in [6.07, 6.45) is 2.00. The van der Waals surface area contributed by atoms with Crippen molar-refractivity contribution in [2.24, 2.45) is 4.99 Å². The van der Waals surface area contributed by atoms with E-state index in [1.807, 2.05) is 24.3 Å². The highest BCUT2D eigenvalue weighted by Crippen LogP contribution is 2.26. The van der Waals surface area contributed by atoms with E-state index in [1.165, 1.54) is 0 Å². The van der Waals surface area contributed by atoms with Crippen molar-refractivity contribution < 1.29 is 18.7 Å². The largest absolute Gasteiger partial charge is 0.493 e. The maximum absolute atomic E-state index is 12.9. The Morgan fingerprint density at radius 2 is 2.14 bits per heavy atom. The maximum atomic E-state index is 12.9. The SMILES string of the molecule is COc1cccc2cc(C(=O)NC[C@@H]3CCCO3)c(=Nc3ccccc3Cl)oc12. The number of nitrogens with zero attached hydrogens (tertiary/aromatic N) is 1. The number of nitrogens with one attached hydrogen (secondary N) is 1. The number of rotatable bonds is 5. The van der Waals surface area contributed by atoms with Crippen LogP contribution in [0.3, 0.4) is 0 Å². The van der Waals surface area contributed by atoms with Crippen molar-refractivity contribution in [2.75, 3.05) is 20.3 Å². The van der Waals surface area contributed by atoms with Gasteiger partial charge in [-0.05, 0) is 37.1 Å². The minimum atomic E-state index is -0.278. The minimum absolute atomic E-state index is 0.0420. The van der Waals surface area contributed by atoms with Crippen LogP contribution in [-0.4, -0.2) is 32.3 Å². The highest BCUT2D eigenvalue weighted by atomic mass is 35.5. The van der Waals surface area contributed by atoms with E-state index >= 15 is 0 Å². The molecular weight excluding hydrogens is 392 g/mol. The van der Waals surface area contributed by atoms with Crippen molar-refractivity contribution >= 4 is 34.2 Å². The van der Waals surface area contributed by atoms with Crippen LogP contribution in [0.1, 0.15) is 23.2 Å². The van der Waals surface area contributed by atoms with Gasteiger partial charge in [-0.1, -0.05) is 35.9 Å². The lowest BCUT2D eigenvalue weighted by Crippen LogP contribution is -2.34. The lowest BCUT2D eigenvalue weighted by Gasteiger charge is -2.12. The van der Waals surface area contributed by atoms with Crippen LogP contribution in [0.4, 0.5) is 5.69 Å². The molecule has 6 nitrogen and oxygen atoms in total. The van der Waals surface area contributed by atoms with E-state index in [9.17, 15) is 4.79 Å². The van der Waals surface area contributed by atoms with Gasteiger partial charge in [-0.3, -0.25) is 4.79 Å². The van der Waals surface area contributed by atoms with E-state index in [1.54, 1.807) is 31.4 Å². The molecule has 2 aromatic carbocycles. The van der Waals surface area contributed by atoms with Crippen LogP contribution in [0.15, 0.2) is 57.9 Å². The van der Waals surface area contributed by atoms with Gasteiger partial charge in [0.25, 0.3) is 5.91 Å². The minimum Gasteiger partial charge on any atom is -0.493 e. The van der Waals surface area contributed by atoms with Gasteiger partial charge in [-0.2, -0.15) is 0 Å². The predicted octanol–water partition coefficient (Wildman–Crippen LogP) is 4.24. The van der Waals surface area contributed by atoms with Crippen molar-refractivity contribution in [1.29, 1.82) is 0 Å². The first-order chi connectivity index (χ1) is 14.2. The van der Waals surface area contributed by atoms with Gasteiger partial charge in [0.05, 0.1) is 23.9 Å². The molecule has 0 saturated carbocycles. The van der Waals surface area contributed by atoms with Crippen molar-refractivity contribution in [3.8, 4) is 5.75 Å². The molecule has 0 spiro atoms. The molecule has 1 atom stereocenters. The molecule has 1 N–H and O–H groups in total. The molecular formula is C22H21ClN2O4. The zero-order chi connectivity index (χ0) is 20.2. The number of carbonyl (C=O) groups is 1. The molecule has 29 heavy (non-hydrogen) atoms. The molecule has 2 heterocycles. The Morgan fingerprint density at radius 3 is 2.90 bits per heavy atom. The Bertz CT molecular complexity index is 1100. The number of amides is 1. The standard InChI is InChI=1S/C22H21ClN2O4/c1-27-19-10-4-6-14-12-16(21(26)24-13-15-7-5-11-28-15)22(29-20(14)19)25-18-9-3-2-8-17(18)23/h2-4,6,8-10,12,15H,5,7,11,13H2,1H3,(H,24,26)/t15-/m0/s1. The van der Waals surface area contributed by atoms with Crippen molar-refractivity contribution in [3.05, 3.63) is 64.7 Å². The highest BCUT2D eigenvalue weighted by Gasteiger charge is 2.19. The van der Waals surface area contributed by atoms with Crippen LogP contribution in [0.25, 0.3) is 11.0 Å². The van der Waals surface area contributed by atoms with Crippen LogP contribution in [0.2, 0.25) is 5.02 Å². The third-order valence-electron chi connectivity index (χ3n) is 4.79. The number of para-hydroxylation sites is 2. The first-order valence-corrected chi connectivity index (χ1v) is 9.83. The zero-order valence-electron chi connectivity index (χ0n) is 16.0. The summed E-state index contributed by atoms with van der Waals surface area (Å²) < 4.78 is 17.0. The second-order valence-electron chi connectivity index (χ2n) is 6.75. The first kappa shape index (κ1) is 19.5. The Balaban J connectivity index is 1.80. The first-order valence-electron chi connectivity index (χ1n) is 9.45. The average Bonchev–Trinajstić information content (AvgIpc) is 3.26. The number of ether oxygens (including phenoxy) is 2. The van der Waals surface area contributed by atoms with E-state index in [0.717, 1.165) is 24.8 Å². The molecule has 4 rings (SSSR count). The van der Waals surface area contributed by atoms with Crippen LogP contribution in [0.5, 0.6) is 5.75 Å². The molecule has 0 bridgehead atoms. The fraction of sp³-hybridized carbons (Fsp3) is 0.273. The Hall–Kier alpha value is -2.83. The number of benzene rings is 2. The number of hydrogen-bond acceptors (Lipinski definition) is 5. The zero-order valence-corrected chi connectivity index (χ0v) is 16.7. The number of carbonyl (C=O) groups excluding carboxylic acids is 1. The van der Waals surface area contributed by atoms with Gasteiger partial charge in [-0.15, -0.1) is 0 Å². The summed E-state index contributed by atoms with van der Waals surface area (Å²) in [6.45, 7) is 1.18. The third-order valence-corrected chi connectivity index (χ3v) is 5.11. The van der Waals surface area contributed by atoms with Gasteiger partial charge in [0.1, 0.15) is 5.56 Å². The molecule has 150 valence electrons. The second kappa shape index (κ2) is 8.68. The van der Waals surface area contributed by atoms with Crippen molar-refractivity contribution in [1.82, 2.24) is 5.32 Å². The maximum Gasteiger partial charge on any atom is 0.256 e. The monoisotopic (exact) mass is 412 g/mol. The summed E-state index contributed by atoms with van der Waals surface area (Å²) in [5.74, 6) is 0.282. The van der Waals surface area contributed by atoms with E-state index < -0.39 is 0 Å². The Labute approximate surface area is 173 Å². The van der Waals surface area contributed by atoms with Crippen LogP contribution < -0.4 is 15.6 Å². The van der Waals surface area contributed by atoms with Gasteiger partial charge in [0.15, 0.2) is 11.3 Å². The summed E-state index contributed by atoms with van der Waals surface area (Å²) in [4.78, 5) is 17.5. The quantitative estimate of drug-likeness (QED) is 0.680. The molecule has 0 aliphatic carbocycles. The summed E-state index contributed by atoms with van der Waals surface area (Å²) in [5.41, 5.74) is 1.51. The van der Waals surface area contributed by atoms with Gasteiger partial charge in [-0.25, -0.2) is 4.99 Å². The molecule has 7 heteroatoms. The average molecular weight is 413 g/mol. The number of hydrogen-bond donors (Lipinski definition) is 1. The third kappa shape index (κ3) is 4.28. The summed E-state index contributed by atoms with van der Waals surface area (Å²) in [5, 5.41) is 4.13. The lowest BCUT2D eigenvalue weighted by molar-refractivity contribution is 0.0854. The van der Waals surface area contributed by atoms with Crippen LogP contribution >= 0.6 is 11.6 Å². The fourth-order valence-electron chi connectivity index (χ4n) is 3.29. The molecule has 1 saturated heterocycles. The van der Waals surface area contributed by atoms with Gasteiger partial charge in [0.2, 0.25) is 5.55 Å². The smallest absolute Gasteiger partial charge is 0.256 e. The van der Waals surface area contributed by atoms with E-state index in [2.05, 4.69) is 10.3 Å². The van der Waals surface area contributed by atoms with Crippen LogP contribution in [-0.2, 0) is 4.74 Å². The highest BCUT2D eigenvalue weighted by molar-refractivity contribution is 6.32. The molecule has 1 amide bonds. The molecule has 1 aromatic heterocycles. The molecule has 1 aliphatic rings. The Kier molecular flexibility index (Phi) is 5.83. The predicted molar refractivity (Wildman–Crippen MR) is 111 cm³/mol. The van der Waals surface area contributed by atoms with Crippen molar-refractivity contribution in [3.63, 3.8) is 0 Å². The fourth-order valence-corrected chi connectivity index (χ4v) is 3.47. The molecule has 0 radical (unpaired) electrons. The number of methoxy groups -OCH3 is 1. The van der Waals surface area contributed by atoms with E-state index in [0.29, 0.717) is 34.2 Å². The summed E-state index contributed by atoms with van der Waals surface area (Å²) >= 11 is 6.25. The second-order valence-corrected chi connectivity index (χ2v) is 7.16. The normalized spacial score (nSPS) is 16.9. The molecule has 0 unspecified atom stereocenters. The Morgan fingerprint density at radius 1 is 1.28 bits per heavy atom. The van der Waals surface area contributed by atoms with Crippen LogP contribution in [0, 0.1) is 0 Å². The van der Waals surface area contributed by atoms with Gasteiger partial charge < -0.3 is 19.2 Å². The summed E-state index contributed by atoms with van der Waals surface area (Å²) in [7, 11) is 1.57. The number of halogens is 1. The van der Waals surface area contributed by atoms with E-state index in [-0.39, 0.29) is 17.6 Å². The lowest BCUT2D eigenvalue weighted by atomic mass is 10.1. The van der Waals surface area contributed by atoms with Gasteiger partial charge in [0, 0.05) is 18.5 Å². The number of fused-ring (bicyclic) bond motifs is 1. The molecule has 3 aromatic rings. The molecule has 1 fully saturated rings.